The van der Waals surface area contributed by atoms with Gasteiger partial charge in [0.05, 0.1) is 11.6 Å². The van der Waals surface area contributed by atoms with E-state index in [1.165, 1.54) is 36.0 Å². The molecule has 112 valence electrons. The number of aromatic nitrogens is 2. The van der Waals surface area contributed by atoms with Crippen molar-refractivity contribution in [2.75, 3.05) is 6.54 Å². The molecule has 0 N–H and O–H groups in total. The standard InChI is InChI=1S/C19H21N3/c1-21-12-4-9-17(21)18-10-5-13-22(18)14-16-7-2-6-15-8-3-11-20-19(15)16/h2-4,6-9,11-12,18H,5,10,13-14H2,1H3/t18-/m0/s1. The van der Waals surface area contributed by atoms with Crippen LogP contribution < -0.4 is 0 Å². The summed E-state index contributed by atoms with van der Waals surface area (Å²) in [4.78, 5) is 7.19. The Kier molecular flexibility index (Phi) is 3.43. The smallest absolute Gasteiger partial charge is 0.0746 e. The fourth-order valence-corrected chi connectivity index (χ4v) is 3.68. The molecule has 0 amide bonds. The highest BCUT2D eigenvalue weighted by Gasteiger charge is 2.27. The number of likely N-dealkylation sites (tertiary alicyclic amines) is 1. The first-order valence-corrected chi connectivity index (χ1v) is 8.01. The van der Waals surface area contributed by atoms with Crippen LogP contribution in [-0.4, -0.2) is 21.0 Å². The van der Waals surface area contributed by atoms with Crippen molar-refractivity contribution >= 4 is 10.9 Å². The minimum Gasteiger partial charge on any atom is -0.353 e. The first kappa shape index (κ1) is 13.5. The van der Waals surface area contributed by atoms with E-state index in [2.05, 4.69) is 64.1 Å². The summed E-state index contributed by atoms with van der Waals surface area (Å²) in [5.41, 5.74) is 3.90. The summed E-state index contributed by atoms with van der Waals surface area (Å²) in [6, 6.07) is 15.6. The number of pyridine rings is 1. The molecule has 0 saturated carbocycles. The van der Waals surface area contributed by atoms with E-state index in [9.17, 15) is 0 Å². The van der Waals surface area contributed by atoms with Crippen molar-refractivity contribution in [3.8, 4) is 0 Å². The van der Waals surface area contributed by atoms with Crippen molar-refractivity contribution in [2.45, 2.75) is 25.4 Å². The highest BCUT2D eigenvalue weighted by Crippen LogP contribution is 2.33. The number of para-hydroxylation sites is 1. The Morgan fingerprint density at radius 1 is 1.14 bits per heavy atom. The Morgan fingerprint density at radius 3 is 2.91 bits per heavy atom. The fraction of sp³-hybridized carbons (Fsp3) is 0.316. The average molecular weight is 291 g/mol. The molecule has 1 aliphatic heterocycles. The Balaban J connectivity index is 1.66. The highest BCUT2D eigenvalue weighted by molar-refractivity contribution is 5.81. The molecule has 0 bridgehead atoms. The maximum Gasteiger partial charge on any atom is 0.0746 e. The number of rotatable bonds is 3. The zero-order chi connectivity index (χ0) is 14.9. The van der Waals surface area contributed by atoms with Crippen LogP contribution in [0.15, 0.2) is 54.9 Å². The molecule has 0 radical (unpaired) electrons. The fourth-order valence-electron chi connectivity index (χ4n) is 3.68. The van der Waals surface area contributed by atoms with Gasteiger partial charge in [0.25, 0.3) is 0 Å². The topological polar surface area (TPSA) is 21.1 Å². The third-order valence-electron chi connectivity index (χ3n) is 4.78. The monoisotopic (exact) mass is 291 g/mol. The second kappa shape index (κ2) is 5.58. The lowest BCUT2D eigenvalue weighted by atomic mass is 10.1. The molecule has 3 aromatic rings. The molecule has 4 rings (SSSR count). The van der Waals surface area contributed by atoms with E-state index in [1.807, 2.05) is 12.3 Å². The van der Waals surface area contributed by atoms with Crippen LogP contribution in [0.2, 0.25) is 0 Å². The molecule has 1 aliphatic rings. The lowest BCUT2D eigenvalue weighted by molar-refractivity contribution is 0.242. The van der Waals surface area contributed by atoms with Gasteiger partial charge >= 0.3 is 0 Å². The average Bonchev–Trinajstić information content (AvgIpc) is 3.16. The van der Waals surface area contributed by atoms with Crippen molar-refractivity contribution in [1.29, 1.82) is 0 Å². The van der Waals surface area contributed by atoms with E-state index < -0.39 is 0 Å². The lowest BCUT2D eigenvalue weighted by Gasteiger charge is -2.25. The van der Waals surface area contributed by atoms with Gasteiger partial charge in [-0.2, -0.15) is 0 Å². The molecular formula is C19H21N3. The summed E-state index contributed by atoms with van der Waals surface area (Å²) < 4.78 is 2.25. The van der Waals surface area contributed by atoms with Gasteiger partial charge in [-0.1, -0.05) is 24.3 Å². The molecule has 3 nitrogen and oxygen atoms in total. The van der Waals surface area contributed by atoms with E-state index in [0.717, 1.165) is 12.1 Å². The zero-order valence-corrected chi connectivity index (χ0v) is 12.9. The van der Waals surface area contributed by atoms with E-state index >= 15 is 0 Å². The third kappa shape index (κ3) is 2.32. The van der Waals surface area contributed by atoms with Crippen LogP contribution >= 0.6 is 0 Å². The van der Waals surface area contributed by atoms with Gasteiger partial charge in [-0.05, 0) is 43.1 Å². The van der Waals surface area contributed by atoms with Crippen LogP contribution in [0.1, 0.15) is 30.1 Å². The number of aryl methyl sites for hydroxylation is 1. The number of fused-ring (bicyclic) bond motifs is 1. The normalized spacial score (nSPS) is 19.0. The van der Waals surface area contributed by atoms with Crippen LogP contribution in [-0.2, 0) is 13.6 Å². The van der Waals surface area contributed by atoms with E-state index in [0.29, 0.717) is 6.04 Å². The molecule has 22 heavy (non-hydrogen) atoms. The van der Waals surface area contributed by atoms with Crippen molar-refractivity contribution in [3.05, 3.63) is 66.1 Å². The van der Waals surface area contributed by atoms with Crippen LogP contribution in [0.5, 0.6) is 0 Å². The van der Waals surface area contributed by atoms with Gasteiger partial charge in [0.2, 0.25) is 0 Å². The molecular weight excluding hydrogens is 270 g/mol. The number of benzene rings is 1. The Hall–Kier alpha value is -2.13. The second-order valence-electron chi connectivity index (χ2n) is 6.16. The molecule has 1 saturated heterocycles. The van der Waals surface area contributed by atoms with Crippen LogP contribution in [0.25, 0.3) is 10.9 Å². The molecule has 3 heteroatoms. The predicted molar refractivity (Wildman–Crippen MR) is 89.5 cm³/mol. The molecule has 2 aromatic heterocycles. The maximum atomic E-state index is 4.60. The Morgan fingerprint density at radius 2 is 2.05 bits per heavy atom. The summed E-state index contributed by atoms with van der Waals surface area (Å²) >= 11 is 0. The Labute approximate surface area is 131 Å². The summed E-state index contributed by atoms with van der Waals surface area (Å²) in [6.45, 7) is 2.14. The van der Waals surface area contributed by atoms with Gasteiger partial charge in [0.15, 0.2) is 0 Å². The number of nitrogens with zero attached hydrogens (tertiary/aromatic N) is 3. The predicted octanol–water partition coefficient (Wildman–Crippen LogP) is 3.91. The third-order valence-corrected chi connectivity index (χ3v) is 4.78. The zero-order valence-electron chi connectivity index (χ0n) is 12.9. The summed E-state index contributed by atoms with van der Waals surface area (Å²) in [6.07, 6.45) is 6.56. The Bertz CT molecular complexity index is 785. The van der Waals surface area contributed by atoms with Gasteiger partial charge in [-0.15, -0.1) is 0 Å². The van der Waals surface area contributed by atoms with Crippen molar-refractivity contribution in [1.82, 2.24) is 14.5 Å². The molecule has 0 spiro atoms. The van der Waals surface area contributed by atoms with Gasteiger partial charge in [-0.3, -0.25) is 9.88 Å². The van der Waals surface area contributed by atoms with Gasteiger partial charge in [-0.25, -0.2) is 0 Å². The first-order chi connectivity index (χ1) is 10.8. The van der Waals surface area contributed by atoms with Crippen LogP contribution in [0, 0.1) is 0 Å². The first-order valence-electron chi connectivity index (χ1n) is 8.01. The van der Waals surface area contributed by atoms with Crippen LogP contribution in [0.4, 0.5) is 0 Å². The van der Waals surface area contributed by atoms with Gasteiger partial charge in [0, 0.05) is 37.1 Å². The largest absolute Gasteiger partial charge is 0.353 e. The highest BCUT2D eigenvalue weighted by atomic mass is 15.2. The van der Waals surface area contributed by atoms with E-state index in [1.54, 1.807) is 0 Å². The molecule has 1 aromatic carbocycles. The van der Waals surface area contributed by atoms with Crippen molar-refractivity contribution < 1.29 is 0 Å². The molecule has 0 unspecified atom stereocenters. The summed E-state index contributed by atoms with van der Waals surface area (Å²) in [5.74, 6) is 0. The van der Waals surface area contributed by atoms with Crippen LogP contribution in [0.3, 0.4) is 0 Å². The van der Waals surface area contributed by atoms with E-state index in [-0.39, 0.29) is 0 Å². The molecule has 1 atom stereocenters. The number of hydrogen-bond donors (Lipinski definition) is 0. The quantitative estimate of drug-likeness (QED) is 0.729. The molecule has 0 aliphatic carbocycles. The summed E-state index contributed by atoms with van der Waals surface area (Å²) in [5, 5.41) is 1.23. The van der Waals surface area contributed by atoms with Gasteiger partial charge in [0.1, 0.15) is 0 Å². The minimum absolute atomic E-state index is 0.527. The van der Waals surface area contributed by atoms with Gasteiger partial charge < -0.3 is 4.57 Å². The van der Waals surface area contributed by atoms with Crippen molar-refractivity contribution in [2.24, 2.45) is 7.05 Å². The molecule has 3 heterocycles. The van der Waals surface area contributed by atoms with E-state index in [4.69, 9.17) is 0 Å². The summed E-state index contributed by atoms with van der Waals surface area (Å²) in [7, 11) is 2.14. The maximum absolute atomic E-state index is 4.60. The minimum atomic E-state index is 0.527. The van der Waals surface area contributed by atoms with Crippen molar-refractivity contribution in [3.63, 3.8) is 0 Å². The SMILES string of the molecule is Cn1cccc1[C@@H]1CCCN1Cc1cccc2cccnc12. The lowest BCUT2D eigenvalue weighted by Crippen LogP contribution is -2.24. The molecule has 1 fully saturated rings. The second-order valence-corrected chi connectivity index (χ2v) is 6.16. The number of hydrogen-bond acceptors (Lipinski definition) is 2.